The summed E-state index contributed by atoms with van der Waals surface area (Å²) in [5.41, 5.74) is 6.80. The quantitative estimate of drug-likeness (QED) is 0.836. The van der Waals surface area contributed by atoms with Crippen LogP contribution in [-0.2, 0) is 6.54 Å². The van der Waals surface area contributed by atoms with Crippen LogP contribution in [-0.4, -0.2) is 20.8 Å². The smallest absolute Gasteiger partial charge is 0.181 e. The van der Waals surface area contributed by atoms with Crippen LogP contribution in [0.4, 0.5) is 4.39 Å². The fourth-order valence-electron chi connectivity index (χ4n) is 2.43. The number of benzene rings is 1. The largest absolute Gasteiger partial charge is 0.326 e. The molecule has 2 N–H and O–H groups in total. The van der Waals surface area contributed by atoms with Gasteiger partial charge in [-0.15, -0.1) is 0 Å². The van der Waals surface area contributed by atoms with Gasteiger partial charge in [0.25, 0.3) is 0 Å². The zero-order valence-electron chi connectivity index (χ0n) is 10.2. The Morgan fingerprint density at radius 2 is 2.06 bits per heavy atom. The second-order valence-electron chi connectivity index (χ2n) is 4.88. The third-order valence-corrected chi connectivity index (χ3v) is 3.31. The Labute approximate surface area is 105 Å². The second-order valence-corrected chi connectivity index (χ2v) is 4.88. The fourth-order valence-corrected chi connectivity index (χ4v) is 2.43. The second kappa shape index (κ2) is 4.17. The Morgan fingerprint density at radius 1 is 1.33 bits per heavy atom. The summed E-state index contributed by atoms with van der Waals surface area (Å²) in [4.78, 5) is 4.54. The van der Waals surface area contributed by atoms with Crippen molar-refractivity contribution in [2.45, 2.75) is 31.8 Å². The summed E-state index contributed by atoms with van der Waals surface area (Å²) < 4.78 is 14.8. The molecule has 5 heteroatoms. The van der Waals surface area contributed by atoms with E-state index >= 15 is 0 Å². The third-order valence-electron chi connectivity index (χ3n) is 3.31. The lowest BCUT2D eigenvalue weighted by Gasteiger charge is -2.23. The van der Waals surface area contributed by atoms with E-state index in [4.69, 9.17) is 5.73 Å². The van der Waals surface area contributed by atoms with Crippen molar-refractivity contribution in [3.05, 3.63) is 35.9 Å². The molecule has 0 radical (unpaired) electrons. The van der Waals surface area contributed by atoms with Gasteiger partial charge in [0, 0.05) is 17.5 Å². The summed E-state index contributed by atoms with van der Waals surface area (Å²) in [6.07, 6.45) is 0.932. The highest BCUT2D eigenvalue weighted by atomic mass is 19.1. The number of nitrogens with two attached hydrogens (primary N) is 1. The molecule has 0 saturated carbocycles. The SMILES string of the molecule is CC1CC(N)Cn2nc(-c3ccc(F)cc3)nc21. The average Bonchev–Trinajstić information content (AvgIpc) is 2.74. The van der Waals surface area contributed by atoms with Gasteiger partial charge in [-0.3, -0.25) is 0 Å². The lowest BCUT2D eigenvalue weighted by atomic mass is 9.98. The number of halogens is 1. The molecule has 94 valence electrons. The van der Waals surface area contributed by atoms with Crippen LogP contribution in [0.25, 0.3) is 11.4 Å². The molecule has 3 rings (SSSR count). The number of fused-ring (bicyclic) bond motifs is 1. The highest BCUT2D eigenvalue weighted by Gasteiger charge is 2.25. The zero-order chi connectivity index (χ0) is 12.7. The van der Waals surface area contributed by atoms with E-state index in [9.17, 15) is 4.39 Å². The number of nitrogens with zero attached hydrogens (tertiary/aromatic N) is 3. The van der Waals surface area contributed by atoms with Crippen molar-refractivity contribution in [3.63, 3.8) is 0 Å². The first-order valence-corrected chi connectivity index (χ1v) is 6.10. The van der Waals surface area contributed by atoms with Gasteiger partial charge in [0.1, 0.15) is 11.6 Å². The Bertz CT molecular complexity index is 561. The van der Waals surface area contributed by atoms with E-state index in [0.29, 0.717) is 18.3 Å². The molecule has 18 heavy (non-hydrogen) atoms. The normalized spacial score (nSPS) is 22.8. The molecule has 1 aromatic heterocycles. The molecule has 4 nitrogen and oxygen atoms in total. The van der Waals surface area contributed by atoms with Gasteiger partial charge in [0.2, 0.25) is 0 Å². The molecule has 1 aliphatic rings. The van der Waals surface area contributed by atoms with Crippen LogP contribution >= 0.6 is 0 Å². The van der Waals surface area contributed by atoms with E-state index in [1.807, 2.05) is 4.68 Å². The lowest BCUT2D eigenvalue weighted by molar-refractivity contribution is 0.382. The van der Waals surface area contributed by atoms with Crippen LogP contribution in [0, 0.1) is 5.82 Å². The molecule has 0 saturated heterocycles. The first kappa shape index (κ1) is 11.3. The molecular weight excluding hydrogens is 231 g/mol. The molecule has 0 fully saturated rings. The van der Waals surface area contributed by atoms with Crippen LogP contribution in [0.1, 0.15) is 25.1 Å². The highest BCUT2D eigenvalue weighted by Crippen LogP contribution is 2.26. The van der Waals surface area contributed by atoms with E-state index in [1.165, 1.54) is 12.1 Å². The number of hydrogen-bond acceptors (Lipinski definition) is 3. The van der Waals surface area contributed by atoms with E-state index in [2.05, 4.69) is 17.0 Å². The van der Waals surface area contributed by atoms with Gasteiger partial charge < -0.3 is 5.73 Å². The van der Waals surface area contributed by atoms with Gasteiger partial charge in [-0.2, -0.15) is 5.10 Å². The number of hydrogen-bond donors (Lipinski definition) is 1. The first-order valence-electron chi connectivity index (χ1n) is 6.10. The van der Waals surface area contributed by atoms with Crippen LogP contribution < -0.4 is 5.73 Å². The van der Waals surface area contributed by atoms with Gasteiger partial charge in [-0.05, 0) is 30.7 Å². The summed E-state index contributed by atoms with van der Waals surface area (Å²) in [7, 11) is 0. The van der Waals surface area contributed by atoms with Crippen LogP contribution in [0.15, 0.2) is 24.3 Å². The molecular formula is C13H15FN4. The Morgan fingerprint density at radius 3 is 2.78 bits per heavy atom. The fraction of sp³-hybridized carbons (Fsp3) is 0.385. The van der Waals surface area contributed by atoms with Gasteiger partial charge >= 0.3 is 0 Å². The monoisotopic (exact) mass is 246 g/mol. The predicted octanol–water partition coefficient (Wildman–Crippen LogP) is 1.92. The maximum absolute atomic E-state index is 12.9. The predicted molar refractivity (Wildman–Crippen MR) is 66.4 cm³/mol. The van der Waals surface area contributed by atoms with E-state index < -0.39 is 0 Å². The van der Waals surface area contributed by atoms with Gasteiger partial charge in [-0.1, -0.05) is 6.92 Å². The topological polar surface area (TPSA) is 56.7 Å². The molecule has 0 bridgehead atoms. The molecule has 0 amide bonds. The number of rotatable bonds is 1. The molecule has 2 unspecified atom stereocenters. The van der Waals surface area contributed by atoms with Crippen LogP contribution in [0.5, 0.6) is 0 Å². The van der Waals surface area contributed by atoms with Crippen molar-refractivity contribution in [1.82, 2.24) is 14.8 Å². The summed E-state index contributed by atoms with van der Waals surface area (Å²) in [5.74, 6) is 1.68. The Balaban J connectivity index is 2.00. The van der Waals surface area contributed by atoms with Gasteiger partial charge in [-0.25, -0.2) is 14.1 Å². The van der Waals surface area contributed by atoms with Crippen molar-refractivity contribution in [2.24, 2.45) is 5.73 Å². The van der Waals surface area contributed by atoms with Crippen molar-refractivity contribution in [2.75, 3.05) is 0 Å². The van der Waals surface area contributed by atoms with Gasteiger partial charge in [0.15, 0.2) is 5.82 Å². The molecule has 0 spiro atoms. The number of aromatic nitrogens is 3. The van der Waals surface area contributed by atoms with E-state index in [0.717, 1.165) is 17.8 Å². The highest BCUT2D eigenvalue weighted by molar-refractivity contribution is 5.54. The molecule has 2 aromatic rings. The minimum absolute atomic E-state index is 0.135. The molecule has 0 aliphatic carbocycles. The minimum Gasteiger partial charge on any atom is -0.326 e. The Hall–Kier alpha value is -1.75. The molecule has 1 aromatic carbocycles. The van der Waals surface area contributed by atoms with Gasteiger partial charge in [0.05, 0.1) is 6.54 Å². The minimum atomic E-state index is -0.252. The maximum atomic E-state index is 12.9. The summed E-state index contributed by atoms with van der Waals surface area (Å²) in [5, 5.41) is 4.45. The average molecular weight is 246 g/mol. The Kier molecular flexibility index (Phi) is 2.63. The van der Waals surface area contributed by atoms with Crippen molar-refractivity contribution in [3.8, 4) is 11.4 Å². The summed E-state index contributed by atoms with van der Waals surface area (Å²) in [6, 6.07) is 6.37. The zero-order valence-corrected chi connectivity index (χ0v) is 10.2. The first-order chi connectivity index (χ1) is 8.63. The van der Waals surface area contributed by atoms with E-state index in [-0.39, 0.29) is 11.9 Å². The van der Waals surface area contributed by atoms with Crippen LogP contribution in [0.3, 0.4) is 0 Å². The summed E-state index contributed by atoms with van der Waals surface area (Å²) in [6.45, 7) is 2.81. The molecule has 2 heterocycles. The maximum Gasteiger partial charge on any atom is 0.181 e. The molecule has 2 atom stereocenters. The summed E-state index contributed by atoms with van der Waals surface area (Å²) >= 11 is 0. The van der Waals surface area contributed by atoms with Crippen molar-refractivity contribution in [1.29, 1.82) is 0 Å². The van der Waals surface area contributed by atoms with E-state index in [1.54, 1.807) is 12.1 Å². The van der Waals surface area contributed by atoms with Crippen molar-refractivity contribution < 1.29 is 4.39 Å². The van der Waals surface area contributed by atoms with Crippen LogP contribution in [0.2, 0.25) is 0 Å². The lowest BCUT2D eigenvalue weighted by Crippen LogP contribution is -2.34. The molecule has 1 aliphatic heterocycles. The van der Waals surface area contributed by atoms with Crippen molar-refractivity contribution >= 4 is 0 Å². The third kappa shape index (κ3) is 1.90. The standard InChI is InChI=1S/C13H15FN4/c1-8-6-11(15)7-18-13(8)16-12(17-18)9-2-4-10(14)5-3-9/h2-5,8,11H,6-7,15H2,1H3.